The fourth-order valence-corrected chi connectivity index (χ4v) is 8.76. The molecule has 3 N–H and O–H groups in total. The van der Waals surface area contributed by atoms with Gasteiger partial charge >= 0.3 is 0 Å². The molecule has 1 aromatic carbocycles. The van der Waals surface area contributed by atoms with Gasteiger partial charge in [-0.3, -0.25) is 14.4 Å². The van der Waals surface area contributed by atoms with Crippen LogP contribution in [0, 0.1) is 17.8 Å². The van der Waals surface area contributed by atoms with Crippen molar-refractivity contribution in [2.45, 2.75) is 81.5 Å². The largest absolute Gasteiger partial charge is 0.394 e. The molecule has 6 atom stereocenters. The van der Waals surface area contributed by atoms with Crippen LogP contribution in [0.1, 0.15) is 58.9 Å². The van der Waals surface area contributed by atoms with Crippen LogP contribution in [0.15, 0.2) is 30.3 Å². The lowest BCUT2D eigenvalue weighted by molar-refractivity contribution is -0.144. The molecule has 0 radical (unpaired) electrons. The topological polar surface area (TPSA) is 98.7 Å². The van der Waals surface area contributed by atoms with Crippen LogP contribution in [0.4, 0.5) is 0 Å². The first-order valence-electron chi connectivity index (χ1n) is 12.9. The van der Waals surface area contributed by atoms with Gasteiger partial charge in [-0.05, 0) is 37.7 Å². The molecule has 1 aromatic rings. The van der Waals surface area contributed by atoms with Crippen LogP contribution >= 0.6 is 11.8 Å². The highest BCUT2D eigenvalue weighted by atomic mass is 32.2. The molecule has 3 saturated heterocycles. The molecule has 8 heteroatoms. The number of carbonyl (C=O) groups is 3. The lowest BCUT2D eigenvalue weighted by Crippen LogP contribution is -2.57. The van der Waals surface area contributed by atoms with Gasteiger partial charge in [0, 0.05) is 17.8 Å². The van der Waals surface area contributed by atoms with Crippen LogP contribution in [0.2, 0.25) is 0 Å². The predicted molar refractivity (Wildman–Crippen MR) is 137 cm³/mol. The standard InChI is InChI=1S/C27H39N3O4S/c1-5-6-14-28-24(33)22-27-13-12-26(4,35-27)20(23(32)29-15-18-10-8-7-9-11-18)21(27)25(34)30(22)19(16-31)17(2)3/h7-11,17,19-22,31H,5-6,12-16H2,1-4H3,(H,28,33)(H,29,32)/t19-,20+,21-,22?,26-,27?/m0/s1. The summed E-state index contributed by atoms with van der Waals surface area (Å²) in [6, 6.07) is 8.59. The van der Waals surface area contributed by atoms with Crippen molar-refractivity contribution in [1.82, 2.24) is 15.5 Å². The van der Waals surface area contributed by atoms with Crippen molar-refractivity contribution in [2.24, 2.45) is 17.8 Å². The van der Waals surface area contributed by atoms with Crippen LogP contribution in [-0.2, 0) is 20.9 Å². The molecule has 4 rings (SSSR count). The second-order valence-electron chi connectivity index (χ2n) is 10.8. The van der Waals surface area contributed by atoms with Gasteiger partial charge in [-0.25, -0.2) is 0 Å². The number of aliphatic hydroxyl groups excluding tert-OH is 1. The van der Waals surface area contributed by atoms with E-state index in [0.717, 1.165) is 24.8 Å². The molecule has 3 heterocycles. The van der Waals surface area contributed by atoms with Gasteiger partial charge in [0.1, 0.15) is 6.04 Å². The summed E-state index contributed by atoms with van der Waals surface area (Å²) in [4.78, 5) is 43.0. The molecule has 0 saturated carbocycles. The summed E-state index contributed by atoms with van der Waals surface area (Å²) < 4.78 is -1.05. The maximum Gasteiger partial charge on any atom is 0.244 e. The fourth-order valence-electron chi connectivity index (χ4n) is 6.42. The quantitative estimate of drug-likeness (QED) is 0.428. The molecule has 0 aromatic heterocycles. The number of amides is 3. The van der Waals surface area contributed by atoms with E-state index in [2.05, 4.69) is 24.5 Å². The van der Waals surface area contributed by atoms with Crippen molar-refractivity contribution in [3.8, 4) is 0 Å². The molecule has 192 valence electrons. The van der Waals surface area contributed by atoms with Crippen LogP contribution in [0.5, 0.6) is 0 Å². The smallest absolute Gasteiger partial charge is 0.244 e. The summed E-state index contributed by atoms with van der Waals surface area (Å²) in [5, 5.41) is 16.4. The number of hydrogen-bond acceptors (Lipinski definition) is 5. The minimum Gasteiger partial charge on any atom is -0.394 e. The summed E-state index contributed by atoms with van der Waals surface area (Å²) in [5.41, 5.74) is 1.00. The van der Waals surface area contributed by atoms with Gasteiger partial charge < -0.3 is 20.6 Å². The number of aliphatic hydroxyl groups is 1. The van der Waals surface area contributed by atoms with Gasteiger partial charge in [-0.15, -0.1) is 11.8 Å². The Morgan fingerprint density at radius 1 is 1.17 bits per heavy atom. The molecule has 2 unspecified atom stereocenters. The lowest BCUT2D eigenvalue weighted by Gasteiger charge is -2.38. The van der Waals surface area contributed by atoms with E-state index < -0.39 is 33.4 Å². The Hall–Kier alpha value is -2.06. The molecule has 35 heavy (non-hydrogen) atoms. The number of thioether (sulfide) groups is 1. The first-order chi connectivity index (χ1) is 16.7. The van der Waals surface area contributed by atoms with Crippen molar-refractivity contribution in [1.29, 1.82) is 0 Å². The third-order valence-corrected chi connectivity index (χ3v) is 10.2. The van der Waals surface area contributed by atoms with Gasteiger partial charge in [0.25, 0.3) is 0 Å². The average Bonchev–Trinajstić information content (AvgIpc) is 3.40. The number of unbranched alkanes of at least 4 members (excludes halogenated alkanes) is 1. The summed E-state index contributed by atoms with van der Waals surface area (Å²) >= 11 is 1.67. The number of benzene rings is 1. The molecular formula is C27H39N3O4S. The summed E-state index contributed by atoms with van der Waals surface area (Å²) in [5.74, 6) is -1.55. The highest BCUT2D eigenvalue weighted by Gasteiger charge is 2.77. The molecule has 3 aliphatic heterocycles. The Morgan fingerprint density at radius 3 is 2.51 bits per heavy atom. The van der Waals surface area contributed by atoms with Crippen LogP contribution in [0.3, 0.4) is 0 Å². The van der Waals surface area contributed by atoms with Crippen LogP contribution < -0.4 is 10.6 Å². The molecule has 0 aliphatic carbocycles. The summed E-state index contributed by atoms with van der Waals surface area (Å²) in [6.45, 7) is 8.82. The summed E-state index contributed by atoms with van der Waals surface area (Å²) in [7, 11) is 0. The molecule has 2 bridgehead atoms. The van der Waals surface area contributed by atoms with E-state index >= 15 is 0 Å². The number of nitrogens with zero attached hydrogens (tertiary/aromatic N) is 1. The minimum atomic E-state index is -0.685. The molecule has 7 nitrogen and oxygen atoms in total. The third-order valence-electron chi connectivity index (χ3n) is 8.20. The highest BCUT2D eigenvalue weighted by molar-refractivity contribution is 8.02. The van der Waals surface area contributed by atoms with Gasteiger partial charge in [-0.2, -0.15) is 0 Å². The Labute approximate surface area is 212 Å². The number of nitrogens with one attached hydrogen (secondary N) is 2. The van der Waals surface area contributed by atoms with Crippen molar-refractivity contribution in [3.05, 3.63) is 35.9 Å². The molecule has 3 fully saturated rings. The SMILES string of the molecule is CCCCNC(=O)C1N([C@@H](CO)C(C)C)C(=O)[C@@H]2[C@H](C(=O)NCc3ccccc3)[C@]3(C)CCC12S3. The Bertz CT molecular complexity index is 957. The highest BCUT2D eigenvalue weighted by Crippen LogP contribution is 2.71. The van der Waals surface area contributed by atoms with Gasteiger partial charge in [0.2, 0.25) is 17.7 Å². The molecular weight excluding hydrogens is 462 g/mol. The van der Waals surface area contributed by atoms with Gasteiger partial charge in [-0.1, -0.05) is 57.5 Å². The first-order valence-corrected chi connectivity index (χ1v) is 13.7. The first kappa shape index (κ1) is 26.0. The monoisotopic (exact) mass is 501 g/mol. The molecule has 3 amide bonds. The Morgan fingerprint density at radius 2 is 1.89 bits per heavy atom. The zero-order chi connectivity index (χ0) is 25.4. The molecule has 1 spiro atoms. The van der Waals surface area contributed by atoms with E-state index in [-0.39, 0.29) is 30.2 Å². The van der Waals surface area contributed by atoms with Crippen LogP contribution in [-0.4, -0.2) is 62.5 Å². The third kappa shape index (κ3) is 4.37. The second kappa shape index (κ2) is 10.1. The van der Waals surface area contributed by atoms with E-state index in [1.54, 1.807) is 16.7 Å². The van der Waals surface area contributed by atoms with Crippen molar-refractivity contribution < 1.29 is 19.5 Å². The Balaban J connectivity index is 1.67. The zero-order valence-electron chi connectivity index (χ0n) is 21.3. The van der Waals surface area contributed by atoms with Crippen molar-refractivity contribution in [2.75, 3.05) is 13.2 Å². The maximum absolute atomic E-state index is 14.1. The fraction of sp³-hybridized carbons (Fsp3) is 0.667. The second-order valence-corrected chi connectivity index (χ2v) is 12.7. The Kier molecular flexibility index (Phi) is 7.53. The predicted octanol–water partition coefficient (Wildman–Crippen LogP) is 2.72. The summed E-state index contributed by atoms with van der Waals surface area (Å²) in [6.07, 6.45) is 3.32. The zero-order valence-corrected chi connectivity index (χ0v) is 22.1. The van der Waals surface area contributed by atoms with E-state index in [1.165, 1.54) is 0 Å². The van der Waals surface area contributed by atoms with E-state index in [4.69, 9.17) is 0 Å². The van der Waals surface area contributed by atoms with E-state index in [1.807, 2.05) is 44.2 Å². The van der Waals surface area contributed by atoms with Crippen molar-refractivity contribution >= 4 is 29.5 Å². The number of carbonyl (C=O) groups excluding carboxylic acids is 3. The van der Waals surface area contributed by atoms with Gasteiger partial charge in [0.05, 0.1) is 29.2 Å². The minimum absolute atomic E-state index is 0.0201. The van der Waals surface area contributed by atoms with Crippen molar-refractivity contribution in [3.63, 3.8) is 0 Å². The number of hydrogen-bond donors (Lipinski definition) is 3. The van der Waals surface area contributed by atoms with E-state index in [0.29, 0.717) is 19.5 Å². The van der Waals surface area contributed by atoms with E-state index in [9.17, 15) is 19.5 Å². The lowest BCUT2D eigenvalue weighted by atomic mass is 9.66. The normalized spacial score (nSPS) is 32.1. The number of rotatable bonds is 10. The average molecular weight is 502 g/mol. The number of likely N-dealkylation sites (tertiary alicyclic amines) is 1. The maximum atomic E-state index is 14.1. The van der Waals surface area contributed by atoms with Gasteiger partial charge in [0.15, 0.2) is 0 Å². The van der Waals surface area contributed by atoms with Crippen LogP contribution in [0.25, 0.3) is 0 Å². The number of fused-ring (bicyclic) bond motifs is 1. The molecule has 3 aliphatic rings.